The van der Waals surface area contributed by atoms with Crippen molar-refractivity contribution in [2.75, 3.05) is 4.72 Å². The third-order valence-electron chi connectivity index (χ3n) is 3.03. The van der Waals surface area contributed by atoms with Crippen LogP contribution in [0.2, 0.25) is 0 Å². The van der Waals surface area contributed by atoms with Crippen LogP contribution in [-0.4, -0.2) is 25.0 Å². The Labute approximate surface area is 157 Å². The number of amides is 1. The Bertz CT molecular complexity index is 960. The fourth-order valence-electron chi connectivity index (χ4n) is 1.97. The van der Waals surface area contributed by atoms with Crippen LogP contribution in [0.3, 0.4) is 0 Å². The van der Waals surface area contributed by atoms with Crippen molar-refractivity contribution in [1.29, 1.82) is 0 Å². The van der Waals surface area contributed by atoms with Gasteiger partial charge in [-0.15, -0.1) is 0 Å². The predicted octanol–water partition coefficient (Wildman–Crippen LogP) is 3.62. The summed E-state index contributed by atoms with van der Waals surface area (Å²) in [5.41, 5.74) is -2.75. The van der Waals surface area contributed by atoms with Crippen LogP contribution in [0.4, 0.5) is 18.9 Å². The van der Waals surface area contributed by atoms with Crippen molar-refractivity contribution >= 4 is 39.5 Å². The molecule has 2 rings (SSSR count). The molecule has 0 saturated carbocycles. The van der Waals surface area contributed by atoms with E-state index in [0.29, 0.717) is 5.56 Å². The molecule has 0 heterocycles. The summed E-state index contributed by atoms with van der Waals surface area (Å²) in [6.45, 7) is 0. The second-order valence-electron chi connectivity index (χ2n) is 5.06. The normalized spacial score (nSPS) is 12.1. The van der Waals surface area contributed by atoms with Crippen molar-refractivity contribution in [3.8, 4) is 0 Å². The van der Waals surface area contributed by atoms with E-state index in [9.17, 15) is 26.4 Å². The van der Waals surface area contributed by atoms with E-state index in [1.807, 2.05) is 0 Å². The van der Waals surface area contributed by atoms with E-state index >= 15 is 0 Å². The van der Waals surface area contributed by atoms with Crippen LogP contribution >= 0.6 is 11.8 Å². The largest absolute Gasteiger partial charge is 0.446 e. The van der Waals surface area contributed by atoms with Gasteiger partial charge in [-0.05, 0) is 53.7 Å². The number of nitrogens with one attached hydrogen (secondary N) is 2. The summed E-state index contributed by atoms with van der Waals surface area (Å²) >= 11 is -0.352. The summed E-state index contributed by atoms with van der Waals surface area (Å²) in [5.74, 6) is -0.791. The van der Waals surface area contributed by atoms with Gasteiger partial charge in [0.2, 0.25) is 0 Å². The van der Waals surface area contributed by atoms with E-state index in [0.717, 1.165) is 12.1 Å². The second kappa shape index (κ2) is 8.46. The quantitative estimate of drug-likeness (QED) is 0.288. The lowest BCUT2D eigenvalue weighted by atomic mass is 10.2. The molecule has 0 saturated heterocycles. The fourth-order valence-corrected chi connectivity index (χ4v) is 3.67. The van der Waals surface area contributed by atoms with Crippen molar-refractivity contribution in [3.63, 3.8) is 0 Å². The first-order valence-electron chi connectivity index (χ1n) is 7.20. The number of carbonyl (C=O) groups is 1. The Hall–Kier alpha value is -2.50. The summed E-state index contributed by atoms with van der Waals surface area (Å²) < 4.78 is 64.5. The molecule has 6 nitrogen and oxygen atoms in total. The number of benzene rings is 2. The zero-order valence-corrected chi connectivity index (χ0v) is 15.0. The molecule has 0 aliphatic carbocycles. The van der Waals surface area contributed by atoms with Crippen LogP contribution in [0.15, 0.2) is 64.4 Å². The number of sulfonamides is 1. The van der Waals surface area contributed by atoms with Gasteiger partial charge in [0.1, 0.15) is 0 Å². The Balaban J connectivity index is 2.23. The molecule has 0 fully saturated rings. The maximum absolute atomic E-state index is 12.5. The second-order valence-corrected chi connectivity index (χ2v) is 7.88. The van der Waals surface area contributed by atoms with E-state index < -0.39 is 21.4 Å². The van der Waals surface area contributed by atoms with Gasteiger partial charge in [-0.3, -0.25) is 14.7 Å². The predicted molar refractivity (Wildman–Crippen MR) is 94.6 cm³/mol. The van der Waals surface area contributed by atoms with Crippen LogP contribution in [0.5, 0.6) is 0 Å². The van der Waals surface area contributed by atoms with Crippen LogP contribution < -0.4 is 10.2 Å². The lowest BCUT2D eigenvalue weighted by molar-refractivity contribution is -0.124. The average Bonchev–Trinajstić information content (AvgIpc) is 2.58. The summed E-state index contributed by atoms with van der Waals surface area (Å²) in [7, 11) is -4.06. The molecular formula is C16H13F3N2O4S2. The SMILES string of the molecule is O=C(/C=C/c1cccc(S(=O)(=O)Nc2cccc(SC(F)(F)F)c2)c1)NO. The van der Waals surface area contributed by atoms with Gasteiger partial charge >= 0.3 is 5.51 Å². The van der Waals surface area contributed by atoms with Gasteiger partial charge < -0.3 is 0 Å². The third kappa shape index (κ3) is 6.62. The van der Waals surface area contributed by atoms with Crippen molar-refractivity contribution in [2.24, 2.45) is 0 Å². The number of alkyl halides is 3. The van der Waals surface area contributed by atoms with Gasteiger partial charge in [-0.1, -0.05) is 18.2 Å². The van der Waals surface area contributed by atoms with Crippen molar-refractivity contribution in [1.82, 2.24) is 5.48 Å². The van der Waals surface area contributed by atoms with Crippen molar-refractivity contribution in [3.05, 3.63) is 60.2 Å². The molecule has 27 heavy (non-hydrogen) atoms. The first-order valence-corrected chi connectivity index (χ1v) is 9.50. The topological polar surface area (TPSA) is 95.5 Å². The van der Waals surface area contributed by atoms with Crippen LogP contribution in [0.25, 0.3) is 6.08 Å². The number of hydrogen-bond acceptors (Lipinski definition) is 5. The number of rotatable bonds is 6. The number of hydrogen-bond donors (Lipinski definition) is 3. The minimum Gasteiger partial charge on any atom is -0.288 e. The molecule has 0 spiro atoms. The molecule has 0 atom stereocenters. The van der Waals surface area contributed by atoms with E-state index in [1.54, 1.807) is 0 Å². The molecular weight excluding hydrogens is 405 g/mol. The van der Waals surface area contributed by atoms with Crippen molar-refractivity contribution < 1.29 is 31.6 Å². The maximum Gasteiger partial charge on any atom is 0.446 e. The van der Waals surface area contributed by atoms with E-state index in [4.69, 9.17) is 5.21 Å². The maximum atomic E-state index is 12.5. The first-order chi connectivity index (χ1) is 12.6. The highest BCUT2D eigenvalue weighted by molar-refractivity contribution is 8.00. The standard InChI is InChI=1S/C16H13F3N2O4S2/c17-16(18,19)26-13-5-2-4-12(10-13)21-27(24,25)14-6-1-3-11(9-14)7-8-15(22)20-23/h1-10,21,23H,(H,20,22)/b8-7+. The van der Waals surface area contributed by atoms with Gasteiger partial charge in [-0.25, -0.2) is 13.9 Å². The van der Waals surface area contributed by atoms with E-state index in [1.165, 1.54) is 54.0 Å². The Morgan fingerprint density at radius 3 is 2.48 bits per heavy atom. The van der Waals surface area contributed by atoms with Crippen LogP contribution in [0, 0.1) is 0 Å². The zero-order valence-electron chi connectivity index (χ0n) is 13.4. The third-order valence-corrected chi connectivity index (χ3v) is 5.13. The highest BCUT2D eigenvalue weighted by Crippen LogP contribution is 2.37. The van der Waals surface area contributed by atoms with Gasteiger partial charge in [-0.2, -0.15) is 13.2 Å². The Morgan fingerprint density at radius 2 is 1.81 bits per heavy atom. The monoisotopic (exact) mass is 418 g/mol. The summed E-state index contributed by atoms with van der Waals surface area (Å²) in [6, 6.07) is 10.4. The average molecular weight is 418 g/mol. The highest BCUT2D eigenvalue weighted by atomic mass is 32.2. The summed E-state index contributed by atoms with van der Waals surface area (Å²) in [5, 5.41) is 8.42. The highest BCUT2D eigenvalue weighted by Gasteiger charge is 2.29. The van der Waals surface area contributed by atoms with Gasteiger partial charge in [0.15, 0.2) is 0 Å². The minimum atomic E-state index is -4.49. The Kier molecular flexibility index (Phi) is 6.52. The molecule has 0 bridgehead atoms. The minimum absolute atomic E-state index is 0.0233. The molecule has 2 aromatic carbocycles. The number of hydroxylamine groups is 1. The van der Waals surface area contributed by atoms with Gasteiger partial charge in [0.05, 0.1) is 4.90 Å². The number of anilines is 1. The van der Waals surface area contributed by atoms with E-state index in [2.05, 4.69) is 4.72 Å². The molecule has 2 aromatic rings. The summed E-state index contributed by atoms with van der Waals surface area (Å²) in [4.78, 5) is 10.7. The molecule has 0 aliphatic rings. The van der Waals surface area contributed by atoms with Crippen LogP contribution in [0.1, 0.15) is 5.56 Å². The van der Waals surface area contributed by atoms with Crippen molar-refractivity contribution in [2.45, 2.75) is 15.3 Å². The first kappa shape index (κ1) is 20.8. The molecule has 0 unspecified atom stereocenters. The lowest BCUT2D eigenvalue weighted by Gasteiger charge is -2.11. The lowest BCUT2D eigenvalue weighted by Crippen LogP contribution is -2.15. The van der Waals surface area contributed by atoms with Crippen LogP contribution in [-0.2, 0) is 14.8 Å². The fraction of sp³-hybridized carbons (Fsp3) is 0.0625. The molecule has 11 heteroatoms. The molecule has 0 aliphatic heterocycles. The van der Waals surface area contributed by atoms with Gasteiger partial charge in [0.25, 0.3) is 15.9 Å². The molecule has 3 N–H and O–H groups in total. The van der Waals surface area contributed by atoms with E-state index in [-0.39, 0.29) is 27.2 Å². The Morgan fingerprint density at radius 1 is 1.11 bits per heavy atom. The number of thioether (sulfide) groups is 1. The molecule has 1 amide bonds. The summed E-state index contributed by atoms with van der Waals surface area (Å²) in [6.07, 6.45) is 2.28. The van der Waals surface area contributed by atoms with Gasteiger partial charge in [0, 0.05) is 16.7 Å². The molecule has 0 aromatic heterocycles. The smallest absolute Gasteiger partial charge is 0.288 e. The number of halogens is 3. The zero-order chi connectivity index (χ0) is 20.1. The molecule has 0 radical (unpaired) electrons. The number of carbonyl (C=O) groups excluding carboxylic acids is 1. The molecule has 144 valence electrons.